The second-order valence-corrected chi connectivity index (χ2v) is 21.0. The van der Waals surface area contributed by atoms with Crippen molar-refractivity contribution in [2.75, 3.05) is 56.9 Å². The molecule has 1 saturated carbocycles. The maximum Gasteiger partial charge on any atom is 0.319 e. The van der Waals surface area contributed by atoms with Crippen LogP contribution in [0.25, 0.3) is 33.1 Å². The summed E-state index contributed by atoms with van der Waals surface area (Å²) in [7, 11) is 3.24. The number of pyridine rings is 2. The number of alkyl halides is 2. The molecule has 4 aromatic heterocycles. The number of anilines is 2. The number of aryl methyl sites for hydroxylation is 1. The van der Waals surface area contributed by atoms with Gasteiger partial charge in [-0.15, -0.1) is 0 Å². The van der Waals surface area contributed by atoms with Gasteiger partial charge in [0.15, 0.2) is 12.0 Å². The van der Waals surface area contributed by atoms with Gasteiger partial charge in [0, 0.05) is 55.1 Å². The molecule has 1 aliphatic carbocycles. The molecule has 4 fully saturated rings. The highest BCUT2D eigenvalue weighted by atomic mass is 19.1. The van der Waals surface area contributed by atoms with Crippen molar-refractivity contribution in [3.63, 3.8) is 0 Å². The Balaban J connectivity index is 1.02. The molecular weight excluding hydrogens is 967 g/mol. The summed E-state index contributed by atoms with van der Waals surface area (Å²) in [6, 6.07) is 17.7. The van der Waals surface area contributed by atoms with E-state index in [4.69, 9.17) is 48.7 Å². The minimum Gasteiger partial charge on any atom is -0.497 e. The summed E-state index contributed by atoms with van der Waals surface area (Å²) in [5, 5.41) is 5.61. The first-order valence-electron chi connectivity index (χ1n) is 26.2. The highest BCUT2D eigenvalue weighted by Crippen LogP contribution is 2.53. The lowest BCUT2D eigenvalue weighted by Gasteiger charge is -2.37. The smallest absolute Gasteiger partial charge is 0.319 e. The van der Waals surface area contributed by atoms with Crippen LogP contribution in [0.3, 0.4) is 0 Å². The van der Waals surface area contributed by atoms with E-state index in [9.17, 15) is 0 Å². The average Bonchev–Trinajstić information content (AvgIpc) is 3.66. The zero-order chi connectivity index (χ0) is 51.7. The Morgan fingerprint density at radius 2 is 1.65 bits per heavy atom. The van der Waals surface area contributed by atoms with Gasteiger partial charge in [0.05, 0.1) is 49.8 Å². The maximum atomic E-state index is 18.5. The van der Waals surface area contributed by atoms with E-state index in [0.29, 0.717) is 78.5 Å². The zero-order valence-electron chi connectivity index (χ0n) is 42.9. The first-order valence-corrected chi connectivity index (χ1v) is 26.2. The van der Waals surface area contributed by atoms with E-state index in [2.05, 4.69) is 9.80 Å². The lowest BCUT2D eigenvalue weighted by Crippen LogP contribution is -2.43. The Morgan fingerprint density at radius 1 is 0.920 bits per heavy atom. The number of benzene rings is 3. The number of halogens is 4. The molecule has 7 atom stereocenters. The second kappa shape index (κ2) is 19.7. The fourth-order valence-corrected chi connectivity index (χ4v) is 12.3. The van der Waals surface area contributed by atoms with Gasteiger partial charge in [-0.1, -0.05) is 24.3 Å². The molecular formula is C57H61F4N9O5. The summed E-state index contributed by atoms with van der Waals surface area (Å²) in [5.41, 5.74) is 4.29. The molecule has 8 heterocycles. The van der Waals surface area contributed by atoms with E-state index < -0.39 is 47.5 Å². The first-order chi connectivity index (χ1) is 36.4. The molecule has 0 spiro atoms. The Bertz CT molecular complexity index is 3220. The van der Waals surface area contributed by atoms with Crippen LogP contribution in [0.1, 0.15) is 105 Å². The van der Waals surface area contributed by atoms with E-state index in [0.717, 1.165) is 60.9 Å². The van der Waals surface area contributed by atoms with Gasteiger partial charge in [0.25, 0.3) is 0 Å². The van der Waals surface area contributed by atoms with Crippen molar-refractivity contribution >= 4 is 33.4 Å². The normalized spacial score (nSPS) is 23.7. The Hall–Kier alpha value is -6.79. The van der Waals surface area contributed by atoms with Crippen molar-refractivity contribution in [2.24, 2.45) is 0 Å². The third kappa shape index (κ3) is 9.00. The molecule has 75 heavy (non-hydrogen) atoms. The van der Waals surface area contributed by atoms with Gasteiger partial charge in [0.2, 0.25) is 5.88 Å². The molecule has 3 unspecified atom stereocenters. The number of methoxy groups -OCH3 is 2. The van der Waals surface area contributed by atoms with Crippen LogP contribution < -0.4 is 28.7 Å². The van der Waals surface area contributed by atoms with Crippen molar-refractivity contribution < 1.29 is 41.2 Å². The third-order valence-corrected chi connectivity index (χ3v) is 16.1. The first kappa shape index (κ1) is 49.1. The largest absolute Gasteiger partial charge is 0.497 e. The lowest BCUT2D eigenvalue weighted by molar-refractivity contribution is -0.0366. The number of nitrogens with zero attached hydrogens (tertiary/aromatic N) is 9. The van der Waals surface area contributed by atoms with E-state index >= 15 is 17.6 Å². The monoisotopic (exact) mass is 1030 g/mol. The molecule has 392 valence electrons. The molecule has 7 aromatic rings. The van der Waals surface area contributed by atoms with Gasteiger partial charge in [0.1, 0.15) is 71.1 Å². The predicted octanol–water partition coefficient (Wildman–Crippen LogP) is 11.1. The van der Waals surface area contributed by atoms with Crippen molar-refractivity contribution in [2.45, 2.75) is 121 Å². The van der Waals surface area contributed by atoms with E-state index in [1.807, 2.05) is 85.0 Å². The quantitative estimate of drug-likeness (QED) is 0.0906. The lowest BCUT2D eigenvalue weighted by atomic mass is 9.91. The molecule has 5 aliphatic rings. The van der Waals surface area contributed by atoms with Crippen molar-refractivity contribution in [3.8, 4) is 34.6 Å². The number of rotatable bonds is 15. The number of hydrogen-bond donors (Lipinski definition) is 0. The summed E-state index contributed by atoms with van der Waals surface area (Å²) >= 11 is 0. The molecule has 14 nitrogen and oxygen atoms in total. The molecule has 18 heteroatoms. The molecule has 3 saturated heterocycles. The van der Waals surface area contributed by atoms with Gasteiger partial charge in [-0.2, -0.15) is 15.1 Å². The van der Waals surface area contributed by atoms with E-state index in [-0.39, 0.29) is 53.7 Å². The van der Waals surface area contributed by atoms with Crippen LogP contribution in [0.2, 0.25) is 0 Å². The fraction of sp³-hybridized carbons (Fsp3) is 0.456. The fourth-order valence-electron chi connectivity index (χ4n) is 12.3. The van der Waals surface area contributed by atoms with Gasteiger partial charge >= 0.3 is 6.01 Å². The third-order valence-electron chi connectivity index (χ3n) is 16.1. The van der Waals surface area contributed by atoms with Crippen LogP contribution in [0.4, 0.5) is 29.2 Å². The van der Waals surface area contributed by atoms with Gasteiger partial charge in [-0.3, -0.25) is 4.90 Å². The van der Waals surface area contributed by atoms with Crippen LogP contribution in [0.15, 0.2) is 73.1 Å². The van der Waals surface area contributed by atoms with Crippen LogP contribution >= 0.6 is 0 Å². The Kier molecular flexibility index (Phi) is 12.9. The van der Waals surface area contributed by atoms with Crippen molar-refractivity contribution in [3.05, 3.63) is 113 Å². The number of ether oxygens (including phenoxy) is 5. The van der Waals surface area contributed by atoms with Crippen LogP contribution in [0, 0.1) is 18.6 Å². The number of fused-ring (bicyclic) bond motifs is 2. The molecule has 0 amide bonds. The summed E-state index contributed by atoms with van der Waals surface area (Å²) < 4.78 is 97.2. The van der Waals surface area contributed by atoms with Gasteiger partial charge in [-0.25, -0.2) is 32.2 Å². The summed E-state index contributed by atoms with van der Waals surface area (Å²) in [4.78, 5) is 26.1. The van der Waals surface area contributed by atoms with Crippen LogP contribution in [0.5, 0.6) is 23.4 Å². The molecule has 4 aliphatic heterocycles. The minimum absolute atomic E-state index is 0.0573. The topological polar surface area (TPSA) is 125 Å². The second-order valence-electron chi connectivity index (χ2n) is 21.0. The summed E-state index contributed by atoms with van der Waals surface area (Å²) in [6.45, 7) is 8.41. The van der Waals surface area contributed by atoms with Gasteiger partial charge < -0.3 is 33.5 Å². The molecule has 3 aromatic carbocycles. The summed E-state index contributed by atoms with van der Waals surface area (Å²) in [6.07, 6.45) is 5.38. The van der Waals surface area contributed by atoms with E-state index in [1.54, 1.807) is 20.4 Å². The highest BCUT2D eigenvalue weighted by molar-refractivity contribution is 6.02. The summed E-state index contributed by atoms with van der Waals surface area (Å²) in [5.74, 6) is 0.474. The average molecular weight is 1030 g/mol. The molecule has 0 bridgehead atoms. The standard InChI is InChI=1S/C57H61F4N9O5/c1-32-21-45-43(26-63-70(45)46-9-6-7-20-73-46)48(47(32)42-23-44(42)60)51-50(61)52-49-54(66-56(65-52)75-31-57-18-8-19-68(57)29-38(59)24-57)69(33(2)30-74-55(49)64-51)34(3)41-22-37(58)25-62-53(41)67(27-35-10-14-39(71-4)15-11-35)28-36-12-16-40(72-5)17-13-36/h10-17,21-22,25-26,33-34,38,42,44,46H,6-9,18-20,23-24,27-31H2,1-5H3/t33-,34+,38+,42?,44?,46?,57-/m0/s1. The maximum absolute atomic E-state index is 18.5. The van der Waals surface area contributed by atoms with Crippen LogP contribution in [-0.2, 0) is 17.8 Å². The number of hydrogen-bond acceptors (Lipinski definition) is 13. The zero-order valence-corrected chi connectivity index (χ0v) is 42.9. The Morgan fingerprint density at radius 3 is 2.33 bits per heavy atom. The SMILES string of the molecule is COc1ccc(CN(Cc2ccc(OC)cc2)c2ncc(F)cc2[C@@H](C)N2c3nc(OC[C@@]45CCCN4C[C@H](F)C5)nc4c(F)c(-c5c(C6CC6F)c(C)cc6c5cnn6C5CCCCO5)nc(c34)OC[C@@H]2C)cc1. The molecule has 0 N–H and O–H groups in total. The number of aromatic nitrogens is 6. The Labute approximate surface area is 432 Å². The van der Waals surface area contributed by atoms with Crippen molar-refractivity contribution in [1.82, 2.24) is 34.6 Å². The van der Waals surface area contributed by atoms with E-state index in [1.165, 1.54) is 12.3 Å². The molecule has 0 radical (unpaired) electrons. The van der Waals surface area contributed by atoms with Crippen LogP contribution in [-0.4, -0.2) is 106 Å². The highest BCUT2D eigenvalue weighted by Gasteiger charge is 2.50. The van der Waals surface area contributed by atoms with Crippen molar-refractivity contribution in [1.29, 1.82) is 0 Å². The predicted molar refractivity (Wildman–Crippen MR) is 276 cm³/mol. The minimum atomic E-state index is -1.11. The molecule has 12 rings (SSSR count). The van der Waals surface area contributed by atoms with Gasteiger partial charge in [-0.05, 0) is 124 Å².